The van der Waals surface area contributed by atoms with E-state index in [0.717, 1.165) is 40.4 Å². The summed E-state index contributed by atoms with van der Waals surface area (Å²) in [5, 5.41) is 0.386. The third-order valence-corrected chi connectivity index (χ3v) is 8.05. The SMILES string of the molecule is COc1ccc2c(c1)CCCN2C(=O)COC(=O)c1ccc2c(c1)SC1=NS(=O)(=O)CCN12. The molecular formula is C22H21N3O6S2. The third-order valence-electron chi connectivity index (χ3n) is 5.74. The highest BCUT2D eigenvalue weighted by Crippen LogP contribution is 2.42. The largest absolute Gasteiger partial charge is 0.497 e. The summed E-state index contributed by atoms with van der Waals surface area (Å²) >= 11 is 1.20. The summed E-state index contributed by atoms with van der Waals surface area (Å²) in [5.74, 6) is -0.210. The van der Waals surface area contributed by atoms with Gasteiger partial charge in [-0.05, 0) is 66.6 Å². The van der Waals surface area contributed by atoms with Gasteiger partial charge in [-0.1, -0.05) is 0 Å². The summed E-state index contributed by atoms with van der Waals surface area (Å²) in [6.45, 7) is 0.514. The van der Waals surface area contributed by atoms with Gasteiger partial charge in [0.05, 0.1) is 24.1 Å². The molecule has 0 radical (unpaired) electrons. The minimum Gasteiger partial charge on any atom is -0.497 e. The van der Waals surface area contributed by atoms with Gasteiger partial charge in [0.1, 0.15) is 5.75 Å². The number of thioether (sulfide) groups is 1. The van der Waals surface area contributed by atoms with Crippen LogP contribution in [-0.4, -0.2) is 58.0 Å². The molecule has 0 N–H and O–H groups in total. The number of hydrogen-bond acceptors (Lipinski definition) is 8. The van der Waals surface area contributed by atoms with E-state index in [9.17, 15) is 18.0 Å². The minimum atomic E-state index is -3.45. The number of anilines is 2. The fourth-order valence-corrected chi connectivity index (χ4v) is 6.40. The minimum absolute atomic E-state index is 0.0468. The van der Waals surface area contributed by atoms with Crippen molar-refractivity contribution in [1.82, 2.24) is 0 Å². The summed E-state index contributed by atoms with van der Waals surface area (Å²) in [6.07, 6.45) is 1.67. The van der Waals surface area contributed by atoms with Crippen molar-refractivity contribution >= 4 is 50.2 Å². The lowest BCUT2D eigenvalue weighted by Crippen LogP contribution is -2.38. The molecule has 3 heterocycles. The summed E-state index contributed by atoms with van der Waals surface area (Å²) in [4.78, 5) is 29.6. The number of hydrogen-bond donors (Lipinski definition) is 0. The van der Waals surface area contributed by atoms with E-state index in [1.54, 1.807) is 30.2 Å². The molecule has 0 fully saturated rings. The van der Waals surface area contributed by atoms with Gasteiger partial charge >= 0.3 is 5.97 Å². The second-order valence-corrected chi connectivity index (χ2v) is 10.6. The molecule has 0 bridgehead atoms. The molecule has 0 atom stereocenters. The zero-order valence-corrected chi connectivity index (χ0v) is 19.4. The first kappa shape index (κ1) is 21.8. The topological polar surface area (TPSA) is 106 Å². The zero-order chi connectivity index (χ0) is 23.2. The Morgan fingerprint density at radius 1 is 1.12 bits per heavy atom. The third kappa shape index (κ3) is 4.18. The van der Waals surface area contributed by atoms with Crippen LogP contribution in [0, 0.1) is 0 Å². The maximum absolute atomic E-state index is 12.8. The van der Waals surface area contributed by atoms with Crippen molar-refractivity contribution in [3.05, 3.63) is 47.5 Å². The maximum Gasteiger partial charge on any atom is 0.338 e. The van der Waals surface area contributed by atoms with Gasteiger partial charge in [0.25, 0.3) is 15.9 Å². The number of ether oxygens (including phenoxy) is 2. The van der Waals surface area contributed by atoms with E-state index in [2.05, 4.69) is 4.40 Å². The number of methoxy groups -OCH3 is 1. The van der Waals surface area contributed by atoms with E-state index in [0.29, 0.717) is 23.8 Å². The molecule has 0 saturated carbocycles. The molecule has 172 valence electrons. The average Bonchev–Trinajstić information content (AvgIpc) is 3.16. The first-order valence-corrected chi connectivity index (χ1v) is 12.8. The number of nitrogens with zero attached hydrogens (tertiary/aromatic N) is 3. The van der Waals surface area contributed by atoms with Crippen molar-refractivity contribution in [2.45, 2.75) is 17.7 Å². The van der Waals surface area contributed by atoms with Gasteiger partial charge in [-0.25, -0.2) is 13.2 Å². The van der Waals surface area contributed by atoms with Gasteiger partial charge in [-0.2, -0.15) is 0 Å². The van der Waals surface area contributed by atoms with E-state index in [1.807, 2.05) is 23.1 Å². The van der Waals surface area contributed by atoms with Crippen LogP contribution in [0.25, 0.3) is 0 Å². The Kier molecular flexibility index (Phi) is 5.53. The monoisotopic (exact) mass is 487 g/mol. The van der Waals surface area contributed by atoms with Crippen LogP contribution in [0.5, 0.6) is 5.75 Å². The Morgan fingerprint density at radius 3 is 2.76 bits per heavy atom. The summed E-state index contributed by atoms with van der Waals surface area (Å²) in [5.41, 5.74) is 2.93. The lowest BCUT2D eigenvalue weighted by molar-refractivity contribution is -0.121. The van der Waals surface area contributed by atoms with Crippen molar-refractivity contribution in [1.29, 1.82) is 0 Å². The van der Waals surface area contributed by atoms with Gasteiger partial charge < -0.3 is 19.3 Å². The highest BCUT2D eigenvalue weighted by molar-refractivity contribution is 8.15. The van der Waals surface area contributed by atoms with Crippen molar-refractivity contribution in [3.63, 3.8) is 0 Å². The summed E-state index contributed by atoms with van der Waals surface area (Å²) < 4.78 is 37.9. The molecular weight excluding hydrogens is 466 g/mol. The number of carbonyl (C=O) groups excluding carboxylic acids is 2. The van der Waals surface area contributed by atoms with E-state index in [1.165, 1.54) is 11.8 Å². The molecule has 33 heavy (non-hydrogen) atoms. The Balaban J connectivity index is 1.26. The number of amides is 1. The normalized spacial score (nSPS) is 18.0. The van der Waals surface area contributed by atoms with Crippen LogP contribution in [0.1, 0.15) is 22.3 Å². The molecule has 0 aromatic heterocycles. The van der Waals surface area contributed by atoms with Crippen LogP contribution in [0.4, 0.5) is 11.4 Å². The van der Waals surface area contributed by atoms with Crippen LogP contribution in [-0.2, 0) is 26.0 Å². The maximum atomic E-state index is 12.8. The molecule has 3 aliphatic rings. The highest BCUT2D eigenvalue weighted by atomic mass is 32.2. The molecule has 0 spiro atoms. The lowest BCUT2D eigenvalue weighted by atomic mass is 10.0. The van der Waals surface area contributed by atoms with E-state index in [4.69, 9.17) is 9.47 Å². The molecule has 11 heteroatoms. The molecule has 1 amide bonds. The number of aryl methyl sites for hydroxylation is 1. The molecule has 0 unspecified atom stereocenters. The van der Waals surface area contributed by atoms with Crippen molar-refractivity contribution < 1.29 is 27.5 Å². The number of benzene rings is 2. The Hall–Kier alpha value is -3.05. The van der Waals surface area contributed by atoms with Crippen LogP contribution >= 0.6 is 11.8 Å². The van der Waals surface area contributed by atoms with E-state index >= 15 is 0 Å². The number of fused-ring (bicyclic) bond motifs is 4. The van der Waals surface area contributed by atoms with Gasteiger partial charge in [0, 0.05) is 23.7 Å². The molecule has 2 aromatic rings. The number of sulfonamides is 1. The standard InChI is InChI=1S/C22H21N3O6S2/c1-30-16-5-7-17-14(11-16)3-2-8-24(17)20(26)13-31-21(27)15-4-6-18-19(12-15)32-22-23-33(28,29)10-9-25(18)22/h4-7,11-12H,2-3,8-10,13H2,1H3. The molecule has 0 aliphatic carbocycles. The van der Waals surface area contributed by atoms with Crippen molar-refractivity contribution in [2.75, 3.05) is 42.4 Å². The quantitative estimate of drug-likeness (QED) is 0.606. The predicted molar refractivity (Wildman–Crippen MR) is 125 cm³/mol. The average molecular weight is 488 g/mol. The second kappa shape index (κ2) is 8.38. The van der Waals surface area contributed by atoms with Gasteiger partial charge in [0.2, 0.25) is 0 Å². The number of carbonyl (C=O) groups is 2. The van der Waals surface area contributed by atoms with Gasteiger partial charge in [-0.3, -0.25) is 4.79 Å². The highest BCUT2D eigenvalue weighted by Gasteiger charge is 2.33. The Labute approximate surface area is 195 Å². The van der Waals surface area contributed by atoms with E-state index in [-0.39, 0.29) is 18.3 Å². The fraction of sp³-hybridized carbons (Fsp3) is 0.318. The smallest absolute Gasteiger partial charge is 0.338 e. The molecule has 9 nitrogen and oxygen atoms in total. The van der Waals surface area contributed by atoms with Crippen LogP contribution in [0.15, 0.2) is 45.7 Å². The number of rotatable bonds is 4. The summed E-state index contributed by atoms with van der Waals surface area (Å²) in [7, 11) is -1.85. The van der Waals surface area contributed by atoms with Crippen LogP contribution in [0.2, 0.25) is 0 Å². The second-order valence-electron chi connectivity index (χ2n) is 7.82. The Morgan fingerprint density at radius 2 is 1.94 bits per heavy atom. The number of amidine groups is 1. The zero-order valence-electron chi connectivity index (χ0n) is 17.8. The van der Waals surface area contributed by atoms with Gasteiger partial charge in [0.15, 0.2) is 11.8 Å². The van der Waals surface area contributed by atoms with E-state index < -0.39 is 16.0 Å². The molecule has 5 rings (SSSR count). The molecule has 3 aliphatic heterocycles. The van der Waals surface area contributed by atoms with Crippen LogP contribution in [0.3, 0.4) is 0 Å². The van der Waals surface area contributed by atoms with Gasteiger partial charge in [-0.15, -0.1) is 4.40 Å². The molecule has 2 aromatic carbocycles. The van der Waals surface area contributed by atoms with Crippen molar-refractivity contribution in [3.8, 4) is 5.75 Å². The Bertz CT molecular complexity index is 1290. The lowest BCUT2D eigenvalue weighted by Gasteiger charge is -2.29. The summed E-state index contributed by atoms with van der Waals surface area (Å²) in [6, 6.07) is 10.6. The predicted octanol–water partition coefficient (Wildman–Crippen LogP) is 2.44. The first-order chi connectivity index (χ1) is 15.8. The van der Waals surface area contributed by atoms with Crippen LogP contribution < -0.4 is 14.5 Å². The van der Waals surface area contributed by atoms with Crippen molar-refractivity contribution in [2.24, 2.45) is 4.40 Å². The molecule has 0 saturated heterocycles. The number of esters is 1. The first-order valence-electron chi connectivity index (χ1n) is 10.4. The fourth-order valence-electron chi connectivity index (χ4n) is 4.11.